The minimum atomic E-state index is 0.501. The van der Waals surface area contributed by atoms with E-state index in [1.54, 1.807) is 7.11 Å². The van der Waals surface area contributed by atoms with Crippen molar-refractivity contribution in [2.24, 2.45) is 0 Å². The van der Waals surface area contributed by atoms with E-state index < -0.39 is 0 Å². The van der Waals surface area contributed by atoms with Crippen LogP contribution in [-0.2, 0) is 13.0 Å². The van der Waals surface area contributed by atoms with Crippen LogP contribution in [0.5, 0.6) is 5.75 Å². The van der Waals surface area contributed by atoms with Crippen LogP contribution in [0.1, 0.15) is 31.0 Å². The summed E-state index contributed by atoms with van der Waals surface area (Å²) in [6, 6.07) is 15.7. The molecule has 3 nitrogen and oxygen atoms in total. The van der Waals surface area contributed by atoms with Crippen LogP contribution in [0.2, 0.25) is 0 Å². The van der Waals surface area contributed by atoms with Crippen LogP contribution in [0, 0.1) is 0 Å². The number of fused-ring (bicyclic) bond motifs is 3. The van der Waals surface area contributed by atoms with Gasteiger partial charge in [-0.15, -0.1) is 0 Å². The topological polar surface area (TPSA) is 26.2 Å². The summed E-state index contributed by atoms with van der Waals surface area (Å²) in [7, 11) is 1.76. The summed E-state index contributed by atoms with van der Waals surface area (Å²) in [5.74, 6) is 1.46. The number of ether oxygens (including phenoxy) is 1. The van der Waals surface area contributed by atoms with E-state index in [1.807, 2.05) is 0 Å². The van der Waals surface area contributed by atoms with Gasteiger partial charge in [0.25, 0.3) is 0 Å². The van der Waals surface area contributed by atoms with E-state index in [0.29, 0.717) is 5.92 Å². The fraction of sp³-hybridized carbons (Fsp3) is 0.364. The molecule has 0 radical (unpaired) electrons. The molecule has 0 amide bonds. The third-order valence-electron chi connectivity index (χ3n) is 5.26. The molecule has 0 bridgehead atoms. The van der Waals surface area contributed by atoms with E-state index in [9.17, 15) is 0 Å². The second-order valence-corrected chi connectivity index (χ2v) is 7.18. The molecule has 0 atom stereocenters. The van der Waals surface area contributed by atoms with Gasteiger partial charge in [0, 0.05) is 48.2 Å². The number of benzene rings is 2. The molecule has 3 heteroatoms. The van der Waals surface area contributed by atoms with Gasteiger partial charge in [0.15, 0.2) is 0 Å². The highest BCUT2D eigenvalue weighted by atomic mass is 16.5. The number of rotatable bonds is 3. The SMILES string of the molecule is COc1cc(C(C)C)ccc1-c1ccc2c(c1)cc1n2CCNCC1. The van der Waals surface area contributed by atoms with Crippen LogP contribution in [-0.4, -0.2) is 24.8 Å². The van der Waals surface area contributed by atoms with Crippen LogP contribution in [0.3, 0.4) is 0 Å². The normalized spacial score (nSPS) is 14.6. The van der Waals surface area contributed by atoms with E-state index in [1.165, 1.54) is 27.7 Å². The van der Waals surface area contributed by atoms with Crippen LogP contribution in [0.15, 0.2) is 42.5 Å². The smallest absolute Gasteiger partial charge is 0.126 e. The minimum absolute atomic E-state index is 0.501. The lowest BCUT2D eigenvalue weighted by molar-refractivity contribution is 0.415. The summed E-state index contributed by atoms with van der Waals surface area (Å²) in [5, 5.41) is 4.80. The second-order valence-electron chi connectivity index (χ2n) is 7.18. The number of nitrogens with one attached hydrogen (secondary N) is 1. The zero-order valence-electron chi connectivity index (χ0n) is 15.3. The first-order valence-corrected chi connectivity index (χ1v) is 9.18. The zero-order valence-corrected chi connectivity index (χ0v) is 15.3. The van der Waals surface area contributed by atoms with E-state index in [2.05, 4.69) is 66.2 Å². The maximum Gasteiger partial charge on any atom is 0.126 e. The third-order valence-corrected chi connectivity index (χ3v) is 5.26. The molecule has 4 rings (SSSR count). The van der Waals surface area contributed by atoms with Gasteiger partial charge in [-0.3, -0.25) is 0 Å². The van der Waals surface area contributed by atoms with Gasteiger partial charge in [0.1, 0.15) is 5.75 Å². The average molecular weight is 334 g/mol. The van der Waals surface area contributed by atoms with E-state index in [0.717, 1.165) is 37.4 Å². The molecule has 1 aromatic heterocycles. The van der Waals surface area contributed by atoms with Gasteiger partial charge in [-0.05, 0) is 41.3 Å². The molecule has 0 fully saturated rings. The lowest BCUT2D eigenvalue weighted by atomic mass is 9.97. The minimum Gasteiger partial charge on any atom is -0.496 e. The summed E-state index contributed by atoms with van der Waals surface area (Å²) < 4.78 is 8.14. The fourth-order valence-corrected chi connectivity index (χ4v) is 3.80. The van der Waals surface area contributed by atoms with Gasteiger partial charge in [-0.1, -0.05) is 32.0 Å². The van der Waals surface area contributed by atoms with Crippen molar-refractivity contribution in [2.45, 2.75) is 32.7 Å². The van der Waals surface area contributed by atoms with Crippen molar-refractivity contribution in [2.75, 3.05) is 20.2 Å². The lowest BCUT2D eigenvalue weighted by Crippen LogP contribution is -2.17. The Bertz CT molecular complexity index is 908. The van der Waals surface area contributed by atoms with Crippen LogP contribution < -0.4 is 10.1 Å². The lowest BCUT2D eigenvalue weighted by Gasteiger charge is -2.13. The summed E-state index contributed by atoms with van der Waals surface area (Å²) in [5.41, 5.74) is 6.46. The van der Waals surface area contributed by atoms with Crippen molar-refractivity contribution >= 4 is 10.9 Å². The van der Waals surface area contributed by atoms with Crippen molar-refractivity contribution in [1.29, 1.82) is 0 Å². The molecule has 3 aromatic rings. The highest BCUT2D eigenvalue weighted by Gasteiger charge is 2.14. The van der Waals surface area contributed by atoms with Gasteiger partial charge in [-0.2, -0.15) is 0 Å². The third kappa shape index (κ3) is 2.93. The molecule has 0 saturated heterocycles. The standard InChI is InChI=1S/C22H26N2O/c1-15(2)16-4-6-20(22(14-16)25-3)17-5-7-21-18(12-17)13-19-8-9-23-10-11-24(19)21/h4-7,12-15,23H,8-11H2,1-3H3. The van der Waals surface area contributed by atoms with Crippen molar-refractivity contribution < 1.29 is 4.74 Å². The monoisotopic (exact) mass is 334 g/mol. The largest absolute Gasteiger partial charge is 0.496 e. The Balaban J connectivity index is 1.80. The predicted octanol–water partition coefficient (Wildman–Crippen LogP) is 4.59. The number of methoxy groups -OCH3 is 1. The molecule has 2 aromatic carbocycles. The van der Waals surface area contributed by atoms with Crippen molar-refractivity contribution in [3.8, 4) is 16.9 Å². The van der Waals surface area contributed by atoms with Crippen LogP contribution in [0.4, 0.5) is 0 Å². The first kappa shape index (κ1) is 16.2. The van der Waals surface area contributed by atoms with Gasteiger partial charge in [0.05, 0.1) is 7.11 Å². The van der Waals surface area contributed by atoms with Gasteiger partial charge < -0.3 is 14.6 Å². The molecule has 2 heterocycles. The van der Waals surface area contributed by atoms with E-state index in [4.69, 9.17) is 4.74 Å². The Hall–Kier alpha value is -2.26. The van der Waals surface area contributed by atoms with Crippen LogP contribution in [0.25, 0.3) is 22.0 Å². The highest BCUT2D eigenvalue weighted by Crippen LogP contribution is 2.35. The summed E-state index contributed by atoms with van der Waals surface area (Å²) in [6.07, 6.45) is 1.09. The quantitative estimate of drug-likeness (QED) is 0.758. The molecule has 0 saturated carbocycles. The summed E-state index contributed by atoms with van der Waals surface area (Å²) >= 11 is 0. The summed E-state index contributed by atoms with van der Waals surface area (Å²) in [4.78, 5) is 0. The van der Waals surface area contributed by atoms with E-state index in [-0.39, 0.29) is 0 Å². The molecule has 1 N–H and O–H groups in total. The maximum atomic E-state index is 5.69. The number of hydrogen-bond donors (Lipinski definition) is 1. The Kier molecular flexibility index (Phi) is 4.26. The van der Waals surface area contributed by atoms with Crippen molar-refractivity contribution in [3.63, 3.8) is 0 Å². The molecule has 0 spiro atoms. The second kappa shape index (κ2) is 6.57. The molecule has 1 aliphatic rings. The molecule has 0 aliphatic carbocycles. The predicted molar refractivity (Wildman–Crippen MR) is 105 cm³/mol. The van der Waals surface area contributed by atoms with Crippen molar-refractivity contribution in [1.82, 2.24) is 9.88 Å². The highest BCUT2D eigenvalue weighted by molar-refractivity contribution is 5.87. The van der Waals surface area contributed by atoms with Gasteiger partial charge in [-0.25, -0.2) is 0 Å². The Labute approximate surface area is 149 Å². The van der Waals surface area contributed by atoms with Gasteiger partial charge in [0.2, 0.25) is 0 Å². The van der Waals surface area contributed by atoms with Crippen molar-refractivity contribution in [3.05, 3.63) is 53.7 Å². The van der Waals surface area contributed by atoms with Crippen LogP contribution >= 0.6 is 0 Å². The molecular formula is C22H26N2O. The molecular weight excluding hydrogens is 308 g/mol. The maximum absolute atomic E-state index is 5.69. The molecule has 130 valence electrons. The summed E-state index contributed by atoms with van der Waals surface area (Å²) in [6.45, 7) is 7.58. The number of nitrogens with zero attached hydrogens (tertiary/aromatic N) is 1. The first-order chi connectivity index (χ1) is 12.2. The molecule has 25 heavy (non-hydrogen) atoms. The Morgan fingerprint density at radius 1 is 1.04 bits per heavy atom. The number of hydrogen-bond acceptors (Lipinski definition) is 2. The van der Waals surface area contributed by atoms with Gasteiger partial charge >= 0.3 is 0 Å². The first-order valence-electron chi connectivity index (χ1n) is 9.18. The molecule has 0 unspecified atom stereocenters. The van der Waals surface area contributed by atoms with E-state index >= 15 is 0 Å². The number of aromatic nitrogens is 1. The average Bonchev–Trinajstić information content (AvgIpc) is 2.81. The Morgan fingerprint density at radius 2 is 1.92 bits per heavy atom. The Morgan fingerprint density at radius 3 is 2.72 bits per heavy atom. The zero-order chi connectivity index (χ0) is 17.4. The fourth-order valence-electron chi connectivity index (χ4n) is 3.80. The molecule has 1 aliphatic heterocycles.